The summed E-state index contributed by atoms with van der Waals surface area (Å²) in [5.41, 5.74) is 2.92. The van der Waals surface area contributed by atoms with Crippen LogP contribution in [0.25, 0.3) is 0 Å². The molecule has 11 nitrogen and oxygen atoms in total. The van der Waals surface area contributed by atoms with E-state index in [1.54, 1.807) is 19.3 Å². The van der Waals surface area contributed by atoms with Crippen LogP contribution < -0.4 is 16.0 Å². The van der Waals surface area contributed by atoms with Gasteiger partial charge in [-0.3, -0.25) is 4.79 Å². The molecule has 4 amide bonds. The van der Waals surface area contributed by atoms with Gasteiger partial charge in [-0.05, 0) is 66.7 Å². The number of nitrogens with zero attached hydrogens (tertiary/aromatic N) is 3. The summed E-state index contributed by atoms with van der Waals surface area (Å²) in [7, 11) is 1.69. The zero-order valence-electron chi connectivity index (χ0n) is 29.8. The highest BCUT2D eigenvalue weighted by atomic mass is 32.1. The Balaban J connectivity index is 1.25. The molecule has 1 aliphatic carbocycles. The van der Waals surface area contributed by atoms with Crippen LogP contribution in [0.3, 0.4) is 0 Å². The predicted octanol–water partition coefficient (Wildman–Crippen LogP) is 6.22. The number of thiazole rings is 1. The van der Waals surface area contributed by atoms with Crippen LogP contribution in [0.15, 0.2) is 90.5 Å². The molecule has 0 fully saturated rings. The number of urea groups is 1. The van der Waals surface area contributed by atoms with Gasteiger partial charge in [0.1, 0.15) is 17.7 Å². The average Bonchev–Trinajstić information content (AvgIpc) is 3.94. The highest BCUT2D eigenvalue weighted by Crippen LogP contribution is 2.29. The number of aliphatic hydroxyl groups excluding tert-OH is 1. The number of carbonyl (C=O) groups is 3. The molecule has 52 heavy (non-hydrogen) atoms. The van der Waals surface area contributed by atoms with Crippen molar-refractivity contribution >= 4 is 40.9 Å². The van der Waals surface area contributed by atoms with Gasteiger partial charge in [-0.25, -0.2) is 18.9 Å². The van der Waals surface area contributed by atoms with Gasteiger partial charge in [-0.1, -0.05) is 86.7 Å². The van der Waals surface area contributed by atoms with Gasteiger partial charge in [0.2, 0.25) is 5.91 Å². The summed E-state index contributed by atoms with van der Waals surface area (Å²) < 4.78 is 9.47. The monoisotopic (exact) mass is 744 g/mol. The third-order valence-electron chi connectivity index (χ3n) is 9.01. The quantitative estimate of drug-likeness (QED) is 0.0941. The standard InChI is InChI=1S/C39H48N6O5S2/c1-26(2)36(44-38(48)45(3)23-35-42-33(25-51-35)29-16-10-11-17-29)37(47)41-30(20-27-12-6-4-7-13-27)22-34(46)32(21-28-14-8-5-9-15-28)43-39(49)50-24-31-18-19-40-52-31/h4-10,12-16,18-19,25-26,29-30,32,34,36,46H,11,17,20-24H2,1-3H3,(H,41,47)(H,43,49)(H,44,48)/t29?,30-,32-,34-,36-/m0/s1. The van der Waals surface area contributed by atoms with Crippen LogP contribution in [0.4, 0.5) is 9.59 Å². The normalized spacial score (nSPS) is 16.1. The number of rotatable bonds is 17. The van der Waals surface area contributed by atoms with Crippen molar-refractivity contribution in [3.63, 3.8) is 0 Å². The first-order chi connectivity index (χ1) is 25.1. The Kier molecular flexibility index (Phi) is 14.3. The summed E-state index contributed by atoms with van der Waals surface area (Å²) in [5, 5.41) is 23.5. The lowest BCUT2D eigenvalue weighted by molar-refractivity contribution is -0.124. The largest absolute Gasteiger partial charge is 0.444 e. The third kappa shape index (κ3) is 11.7. The maximum absolute atomic E-state index is 13.9. The SMILES string of the molecule is CC(C)[C@H](NC(=O)N(C)Cc1nc(C2C=CCC2)cs1)C(=O)N[C@@H](Cc1ccccc1)C[C@H](O)[C@H](Cc1ccccc1)NC(=O)OCc1ccns1. The van der Waals surface area contributed by atoms with E-state index in [9.17, 15) is 19.5 Å². The van der Waals surface area contributed by atoms with Crippen LogP contribution in [-0.2, 0) is 35.5 Å². The van der Waals surface area contributed by atoms with Gasteiger partial charge in [-0.15, -0.1) is 11.3 Å². The van der Waals surface area contributed by atoms with Crippen molar-refractivity contribution in [2.45, 2.75) is 89.3 Å². The second-order valence-corrected chi connectivity index (χ2v) is 15.4. The summed E-state index contributed by atoms with van der Waals surface area (Å²) in [6, 6.07) is 18.6. The van der Waals surface area contributed by atoms with Crippen molar-refractivity contribution < 1.29 is 24.2 Å². The van der Waals surface area contributed by atoms with E-state index in [-0.39, 0.29) is 30.9 Å². The third-order valence-corrected chi connectivity index (χ3v) is 10.6. The maximum Gasteiger partial charge on any atom is 0.407 e. The molecule has 0 aliphatic heterocycles. The number of nitrogens with one attached hydrogen (secondary N) is 3. The molecule has 1 unspecified atom stereocenters. The van der Waals surface area contributed by atoms with Gasteiger partial charge >= 0.3 is 12.1 Å². The molecular weight excluding hydrogens is 697 g/mol. The van der Waals surface area contributed by atoms with Crippen molar-refractivity contribution in [1.29, 1.82) is 0 Å². The molecule has 0 bridgehead atoms. The number of ether oxygens (including phenoxy) is 1. The number of aromatic nitrogens is 2. The number of carbonyl (C=O) groups excluding carboxylic acids is 3. The number of allylic oxidation sites excluding steroid dienone is 2. The first-order valence-electron chi connectivity index (χ1n) is 17.7. The van der Waals surface area contributed by atoms with Crippen molar-refractivity contribution in [3.8, 4) is 0 Å². The molecule has 2 aromatic heterocycles. The summed E-state index contributed by atoms with van der Waals surface area (Å²) >= 11 is 2.78. The molecule has 0 radical (unpaired) electrons. The van der Waals surface area contributed by atoms with E-state index < -0.39 is 30.3 Å². The minimum atomic E-state index is -1.05. The molecule has 276 valence electrons. The highest BCUT2D eigenvalue weighted by molar-refractivity contribution is 7.09. The van der Waals surface area contributed by atoms with E-state index in [0.29, 0.717) is 25.3 Å². The predicted molar refractivity (Wildman–Crippen MR) is 204 cm³/mol. The van der Waals surface area contributed by atoms with E-state index in [4.69, 9.17) is 9.72 Å². The number of hydrogen-bond donors (Lipinski definition) is 4. The molecule has 2 heterocycles. The average molecular weight is 745 g/mol. The van der Waals surface area contributed by atoms with Crippen LogP contribution >= 0.6 is 22.9 Å². The van der Waals surface area contributed by atoms with E-state index in [0.717, 1.165) is 39.5 Å². The summed E-state index contributed by atoms with van der Waals surface area (Å²) in [6.45, 7) is 4.15. The van der Waals surface area contributed by atoms with Gasteiger partial charge in [0, 0.05) is 30.6 Å². The van der Waals surface area contributed by atoms with Crippen LogP contribution in [0.5, 0.6) is 0 Å². The molecule has 0 saturated heterocycles. The topological polar surface area (TPSA) is 146 Å². The van der Waals surface area contributed by atoms with E-state index >= 15 is 0 Å². The van der Waals surface area contributed by atoms with Gasteiger partial charge in [0.15, 0.2) is 0 Å². The molecule has 0 spiro atoms. The van der Waals surface area contributed by atoms with Gasteiger partial charge in [0.25, 0.3) is 0 Å². The minimum absolute atomic E-state index is 0.0672. The lowest BCUT2D eigenvalue weighted by Gasteiger charge is -2.30. The minimum Gasteiger partial charge on any atom is -0.444 e. The Morgan fingerprint density at radius 2 is 1.69 bits per heavy atom. The Bertz CT molecular complexity index is 1730. The maximum atomic E-state index is 13.9. The first-order valence-corrected chi connectivity index (χ1v) is 19.3. The van der Waals surface area contributed by atoms with E-state index in [1.165, 1.54) is 27.8 Å². The molecule has 4 N–H and O–H groups in total. The van der Waals surface area contributed by atoms with Crippen molar-refractivity contribution in [2.24, 2.45) is 5.92 Å². The molecule has 1 aliphatic rings. The molecule has 2 aromatic carbocycles. The van der Waals surface area contributed by atoms with E-state index in [1.807, 2.05) is 74.5 Å². The second kappa shape index (κ2) is 19.3. The number of amides is 4. The molecule has 13 heteroatoms. The fraction of sp³-hybridized carbons (Fsp3) is 0.410. The summed E-state index contributed by atoms with van der Waals surface area (Å²) in [4.78, 5) is 47.3. The molecule has 5 rings (SSSR count). The Morgan fingerprint density at radius 3 is 2.33 bits per heavy atom. The molecular formula is C39H48N6O5S2. The van der Waals surface area contributed by atoms with Crippen molar-refractivity contribution in [3.05, 3.63) is 117 Å². The zero-order chi connectivity index (χ0) is 36.9. The highest BCUT2D eigenvalue weighted by Gasteiger charge is 2.31. The lowest BCUT2D eigenvalue weighted by atomic mass is 9.93. The lowest BCUT2D eigenvalue weighted by Crippen LogP contribution is -2.55. The van der Waals surface area contributed by atoms with Crippen LogP contribution in [0, 0.1) is 5.92 Å². The smallest absolute Gasteiger partial charge is 0.407 e. The zero-order valence-corrected chi connectivity index (χ0v) is 31.4. The Labute approximate surface area is 313 Å². The first kappa shape index (κ1) is 38.6. The van der Waals surface area contributed by atoms with Crippen LogP contribution in [-0.4, -0.2) is 68.7 Å². The molecule has 5 atom stereocenters. The van der Waals surface area contributed by atoms with Crippen LogP contribution in [0.2, 0.25) is 0 Å². The molecule has 4 aromatic rings. The van der Waals surface area contributed by atoms with Crippen LogP contribution in [0.1, 0.15) is 65.7 Å². The fourth-order valence-electron chi connectivity index (χ4n) is 6.14. The summed E-state index contributed by atoms with van der Waals surface area (Å²) in [6.07, 6.45) is 7.31. The van der Waals surface area contributed by atoms with Gasteiger partial charge < -0.3 is 30.7 Å². The number of aliphatic hydroxyl groups is 1. The van der Waals surface area contributed by atoms with Crippen molar-refractivity contribution in [2.75, 3.05) is 7.05 Å². The van der Waals surface area contributed by atoms with E-state index in [2.05, 4.69) is 37.9 Å². The number of benzene rings is 2. The second-order valence-electron chi connectivity index (χ2n) is 13.5. The number of hydrogen-bond acceptors (Lipinski definition) is 9. The van der Waals surface area contributed by atoms with Gasteiger partial charge in [0.05, 0.1) is 29.3 Å². The Morgan fingerprint density at radius 1 is 0.981 bits per heavy atom. The Hall–Kier alpha value is -4.59. The number of alkyl carbamates (subject to hydrolysis) is 1. The molecule has 0 saturated carbocycles. The fourth-order valence-corrected chi connectivity index (χ4v) is 7.54. The summed E-state index contributed by atoms with van der Waals surface area (Å²) in [5.74, 6) is -0.250. The van der Waals surface area contributed by atoms with Crippen molar-refractivity contribution in [1.82, 2.24) is 30.2 Å². The van der Waals surface area contributed by atoms with Gasteiger partial charge in [-0.2, -0.15) is 0 Å².